The molecule has 1 aliphatic heterocycles. The van der Waals surface area contributed by atoms with Gasteiger partial charge in [0.15, 0.2) is 5.58 Å². The van der Waals surface area contributed by atoms with Crippen molar-refractivity contribution in [3.63, 3.8) is 0 Å². The summed E-state index contributed by atoms with van der Waals surface area (Å²) in [6.07, 6.45) is 0.151. The van der Waals surface area contributed by atoms with Crippen molar-refractivity contribution in [2.75, 3.05) is 18.6 Å². The molecular weight excluding hydrogens is 368 g/mol. The molecule has 0 spiro atoms. The minimum absolute atomic E-state index is 0.102. The maximum absolute atomic E-state index is 12.4. The van der Waals surface area contributed by atoms with Gasteiger partial charge in [-0.05, 0) is 42.8 Å². The van der Waals surface area contributed by atoms with Crippen LogP contribution in [-0.4, -0.2) is 30.5 Å². The van der Waals surface area contributed by atoms with Crippen LogP contribution in [0, 0.1) is 12.8 Å². The first-order valence-electron chi connectivity index (χ1n) is 8.51. The number of methoxy groups -OCH3 is 1. The Bertz CT molecular complexity index is 1060. The molecule has 3 aromatic rings. The molecule has 7 heteroatoms. The van der Waals surface area contributed by atoms with Gasteiger partial charge in [-0.25, -0.2) is 4.98 Å². The van der Waals surface area contributed by atoms with Gasteiger partial charge in [-0.2, -0.15) is 0 Å². The molecule has 2 aromatic carbocycles. The Morgan fingerprint density at radius 2 is 2.11 bits per heavy atom. The van der Waals surface area contributed by atoms with E-state index < -0.39 is 5.92 Å². The Kier molecular flexibility index (Phi) is 4.36. The average molecular weight is 385 g/mol. The van der Waals surface area contributed by atoms with Crippen LogP contribution in [0.5, 0.6) is 0 Å². The van der Waals surface area contributed by atoms with Gasteiger partial charge in [0.05, 0.1) is 13.0 Å². The van der Waals surface area contributed by atoms with Crippen molar-refractivity contribution in [1.29, 1.82) is 0 Å². The maximum atomic E-state index is 12.4. The Hall–Kier alpha value is -2.86. The van der Waals surface area contributed by atoms with E-state index in [2.05, 4.69) is 4.98 Å². The topological polar surface area (TPSA) is 72.6 Å². The second-order valence-electron chi connectivity index (χ2n) is 6.56. The number of benzene rings is 2. The van der Waals surface area contributed by atoms with Crippen LogP contribution in [0.25, 0.3) is 22.6 Å². The van der Waals surface area contributed by atoms with Gasteiger partial charge in [0, 0.05) is 29.2 Å². The predicted octanol–water partition coefficient (Wildman–Crippen LogP) is 3.98. The number of aryl methyl sites for hydroxylation is 1. The third-order valence-electron chi connectivity index (χ3n) is 4.76. The third kappa shape index (κ3) is 3.17. The zero-order valence-electron chi connectivity index (χ0n) is 14.9. The van der Waals surface area contributed by atoms with E-state index in [0.717, 1.165) is 16.8 Å². The van der Waals surface area contributed by atoms with Gasteiger partial charge in [-0.1, -0.05) is 17.7 Å². The minimum atomic E-state index is -0.447. The van der Waals surface area contributed by atoms with E-state index in [4.69, 9.17) is 20.8 Å². The Morgan fingerprint density at radius 3 is 2.89 bits per heavy atom. The molecule has 0 radical (unpaired) electrons. The largest absolute Gasteiger partial charge is 0.469 e. The summed E-state index contributed by atoms with van der Waals surface area (Å²) in [5, 5.41) is 0.587. The smallest absolute Gasteiger partial charge is 0.311 e. The molecule has 0 bridgehead atoms. The monoisotopic (exact) mass is 384 g/mol. The number of carbonyl (C=O) groups is 2. The molecule has 0 N–H and O–H groups in total. The number of oxazole rings is 1. The zero-order chi connectivity index (χ0) is 19.1. The van der Waals surface area contributed by atoms with E-state index in [-0.39, 0.29) is 18.3 Å². The standard InChI is InChI=1S/C20H17ClN2O4/c1-11-3-4-12(19-22-15-9-14(21)5-6-17(15)27-19)7-16(11)23-10-13(8-18(23)24)20(25)26-2/h3-7,9,13H,8,10H2,1-2H3. The summed E-state index contributed by atoms with van der Waals surface area (Å²) in [4.78, 5) is 30.4. The van der Waals surface area contributed by atoms with Gasteiger partial charge in [0.25, 0.3) is 0 Å². The highest BCUT2D eigenvalue weighted by Crippen LogP contribution is 2.33. The number of aromatic nitrogens is 1. The van der Waals surface area contributed by atoms with Gasteiger partial charge in [0.2, 0.25) is 11.8 Å². The summed E-state index contributed by atoms with van der Waals surface area (Å²) in [7, 11) is 1.33. The van der Waals surface area contributed by atoms with Crippen LogP contribution in [0.4, 0.5) is 5.69 Å². The fraction of sp³-hybridized carbons (Fsp3) is 0.250. The van der Waals surface area contributed by atoms with Crippen LogP contribution < -0.4 is 4.90 Å². The predicted molar refractivity (Wildman–Crippen MR) is 102 cm³/mol. The van der Waals surface area contributed by atoms with Gasteiger partial charge in [-0.15, -0.1) is 0 Å². The summed E-state index contributed by atoms with van der Waals surface area (Å²) < 4.78 is 10.6. The molecule has 1 amide bonds. The molecule has 1 aliphatic rings. The molecule has 4 rings (SSSR count). The lowest BCUT2D eigenvalue weighted by Gasteiger charge is -2.19. The number of hydrogen-bond acceptors (Lipinski definition) is 5. The third-order valence-corrected chi connectivity index (χ3v) is 4.99. The fourth-order valence-electron chi connectivity index (χ4n) is 3.32. The molecule has 0 saturated carbocycles. The number of rotatable bonds is 3. The lowest BCUT2D eigenvalue weighted by molar-refractivity contribution is -0.145. The number of hydrogen-bond donors (Lipinski definition) is 0. The van der Waals surface area contributed by atoms with Gasteiger partial charge in [0.1, 0.15) is 5.52 Å². The molecule has 1 atom stereocenters. The summed E-state index contributed by atoms with van der Waals surface area (Å²) >= 11 is 6.01. The normalized spacial score (nSPS) is 16.9. The molecule has 6 nitrogen and oxygen atoms in total. The zero-order valence-corrected chi connectivity index (χ0v) is 15.6. The first-order chi connectivity index (χ1) is 13.0. The van der Waals surface area contributed by atoms with Crippen molar-refractivity contribution in [2.45, 2.75) is 13.3 Å². The van der Waals surface area contributed by atoms with E-state index in [1.165, 1.54) is 7.11 Å². The highest BCUT2D eigenvalue weighted by atomic mass is 35.5. The fourth-order valence-corrected chi connectivity index (χ4v) is 3.49. The maximum Gasteiger partial charge on any atom is 0.311 e. The van der Waals surface area contributed by atoms with E-state index >= 15 is 0 Å². The number of amides is 1. The Morgan fingerprint density at radius 1 is 1.30 bits per heavy atom. The molecule has 27 heavy (non-hydrogen) atoms. The van der Waals surface area contributed by atoms with Crippen molar-refractivity contribution >= 4 is 40.3 Å². The van der Waals surface area contributed by atoms with E-state index in [1.807, 2.05) is 25.1 Å². The summed E-state index contributed by atoms with van der Waals surface area (Å²) in [5.41, 5.74) is 3.72. The van der Waals surface area contributed by atoms with Gasteiger partial charge >= 0.3 is 5.97 Å². The van der Waals surface area contributed by atoms with Gasteiger partial charge < -0.3 is 14.1 Å². The van der Waals surface area contributed by atoms with Crippen LogP contribution >= 0.6 is 11.6 Å². The second kappa shape index (κ2) is 6.70. The van der Waals surface area contributed by atoms with Crippen molar-refractivity contribution in [3.05, 3.63) is 47.0 Å². The quantitative estimate of drug-likeness (QED) is 0.638. The molecule has 1 fully saturated rings. The van der Waals surface area contributed by atoms with Crippen molar-refractivity contribution < 1.29 is 18.7 Å². The van der Waals surface area contributed by atoms with E-state index in [1.54, 1.807) is 23.1 Å². The minimum Gasteiger partial charge on any atom is -0.469 e. The Labute approximate surface area is 160 Å². The number of ether oxygens (including phenoxy) is 1. The number of carbonyl (C=O) groups excluding carboxylic acids is 2. The first kappa shape index (κ1) is 17.5. The lowest BCUT2D eigenvalue weighted by atomic mass is 10.1. The molecule has 138 valence electrons. The van der Waals surface area contributed by atoms with Crippen LogP contribution in [-0.2, 0) is 14.3 Å². The number of esters is 1. The summed E-state index contributed by atoms with van der Waals surface area (Å²) in [6.45, 7) is 2.22. The van der Waals surface area contributed by atoms with Crippen molar-refractivity contribution in [3.8, 4) is 11.5 Å². The van der Waals surface area contributed by atoms with Crippen molar-refractivity contribution in [2.24, 2.45) is 5.92 Å². The SMILES string of the molecule is COC(=O)C1CC(=O)N(c2cc(-c3nc4cc(Cl)ccc4o3)ccc2C)C1. The van der Waals surface area contributed by atoms with Crippen LogP contribution in [0.2, 0.25) is 5.02 Å². The number of nitrogens with zero attached hydrogens (tertiary/aromatic N) is 2. The molecule has 2 heterocycles. The number of halogens is 1. The lowest BCUT2D eigenvalue weighted by Crippen LogP contribution is -2.26. The molecule has 1 aromatic heterocycles. The highest BCUT2D eigenvalue weighted by molar-refractivity contribution is 6.31. The number of fused-ring (bicyclic) bond motifs is 1. The Balaban J connectivity index is 1.71. The van der Waals surface area contributed by atoms with Crippen LogP contribution in [0.1, 0.15) is 12.0 Å². The second-order valence-corrected chi connectivity index (χ2v) is 7.00. The summed E-state index contributed by atoms with van der Waals surface area (Å²) in [6, 6.07) is 10.9. The van der Waals surface area contributed by atoms with Crippen LogP contribution in [0.3, 0.4) is 0 Å². The molecule has 1 unspecified atom stereocenters. The van der Waals surface area contributed by atoms with Gasteiger partial charge in [-0.3, -0.25) is 9.59 Å². The average Bonchev–Trinajstić information content (AvgIpc) is 3.24. The van der Waals surface area contributed by atoms with E-state index in [0.29, 0.717) is 28.6 Å². The molecule has 0 aliphatic carbocycles. The molecule has 1 saturated heterocycles. The van der Waals surface area contributed by atoms with E-state index in [9.17, 15) is 9.59 Å². The van der Waals surface area contributed by atoms with Crippen LogP contribution in [0.15, 0.2) is 40.8 Å². The summed E-state index contributed by atoms with van der Waals surface area (Å²) in [5.74, 6) is -0.466. The number of anilines is 1. The first-order valence-corrected chi connectivity index (χ1v) is 8.89. The van der Waals surface area contributed by atoms with Crippen molar-refractivity contribution in [1.82, 2.24) is 4.98 Å². The molecular formula is C20H17ClN2O4. The highest BCUT2D eigenvalue weighted by Gasteiger charge is 2.36.